The molecule has 20 heavy (non-hydrogen) atoms. The van der Waals surface area contributed by atoms with E-state index in [1.807, 2.05) is 58.0 Å². The second-order valence-electron chi connectivity index (χ2n) is 5.13. The Morgan fingerprint density at radius 2 is 1.70 bits per heavy atom. The smallest absolute Gasteiger partial charge is 0.196 e. The van der Waals surface area contributed by atoms with Gasteiger partial charge >= 0.3 is 0 Å². The number of aryl methyl sites for hydroxylation is 2. The van der Waals surface area contributed by atoms with Crippen LogP contribution in [0, 0.1) is 13.8 Å². The summed E-state index contributed by atoms with van der Waals surface area (Å²) in [5, 5.41) is 0. The molecule has 0 aliphatic rings. The number of rotatable bonds is 4. The van der Waals surface area contributed by atoms with Crippen LogP contribution in [0.2, 0.25) is 0 Å². The zero-order valence-corrected chi connectivity index (χ0v) is 12.3. The minimum absolute atomic E-state index is 0.0323. The van der Waals surface area contributed by atoms with E-state index in [0.717, 1.165) is 11.4 Å². The van der Waals surface area contributed by atoms with Gasteiger partial charge in [0.15, 0.2) is 5.78 Å². The zero-order valence-electron chi connectivity index (χ0n) is 12.3. The molecule has 0 aliphatic carbocycles. The molecule has 104 valence electrons. The fourth-order valence-corrected chi connectivity index (χ4v) is 2.13. The molecule has 0 aliphatic heterocycles. The van der Waals surface area contributed by atoms with Gasteiger partial charge < -0.3 is 4.74 Å². The summed E-state index contributed by atoms with van der Waals surface area (Å²) in [6.45, 7) is 7.67. The standard InChI is InChI=1S/C17H19NO2/c1-11(2)20-16-8-6-5-7-15(16)17(19)14-9-12(3)18-13(4)10-14/h5-11H,1-4H3. The molecule has 0 N–H and O–H groups in total. The van der Waals surface area contributed by atoms with Crippen LogP contribution < -0.4 is 4.74 Å². The highest BCUT2D eigenvalue weighted by Gasteiger charge is 2.15. The molecule has 0 fully saturated rings. The number of pyridine rings is 1. The van der Waals surface area contributed by atoms with Gasteiger partial charge in [-0.25, -0.2) is 0 Å². The maximum atomic E-state index is 12.6. The summed E-state index contributed by atoms with van der Waals surface area (Å²) in [5.41, 5.74) is 2.92. The Labute approximate surface area is 119 Å². The first kappa shape index (κ1) is 14.3. The van der Waals surface area contributed by atoms with Gasteiger partial charge in [0, 0.05) is 17.0 Å². The van der Waals surface area contributed by atoms with Gasteiger partial charge in [-0.3, -0.25) is 9.78 Å². The van der Waals surface area contributed by atoms with Gasteiger partial charge in [-0.2, -0.15) is 0 Å². The lowest BCUT2D eigenvalue weighted by Crippen LogP contribution is -2.11. The molecule has 0 saturated heterocycles. The summed E-state index contributed by atoms with van der Waals surface area (Å²) in [5.74, 6) is 0.592. The Hall–Kier alpha value is -2.16. The summed E-state index contributed by atoms with van der Waals surface area (Å²) in [6.07, 6.45) is 0.0323. The van der Waals surface area contributed by atoms with Crippen molar-refractivity contribution in [1.82, 2.24) is 4.98 Å². The second-order valence-corrected chi connectivity index (χ2v) is 5.13. The summed E-state index contributed by atoms with van der Waals surface area (Å²) < 4.78 is 5.71. The van der Waals surface area contributed by atoms with Crippen LogP contribution in [0.3, 0.4) is 0 Å². The monoisotopic (exact) mass is 269 g/mol. The van der Waals surface area contributed by atoms with Crippen molar-refractivity contribution in [2.75, 3.05) is 0 Å². The third kappa shape index (κ3) is 3.23. The molecule has 2 aromatic rings. The normalized spacial score (nSPS) is 10.7. The van der Waals surface area contributed by atoms with Gasteiger partial charge in [0.25, 0.3) is 0 Å². The molecular weight excluding hydrogens is 250 g/mol. The Morgan fingerprint density at radius 3 is 2.30 bits per heavy atom. The zero-order chi connectivity index (χ0) is 14.7. The van der Waals surface area contributed by atoms with Crippen LogP contribution in [0.1, 0.15) is 41.2 Å². The van der Waals surface area contributed by atoms with Gasteiger partial charge in [-0.1, -0.05) is 12.1 Å². The number of ether oxygens (including phenoxy) is 1. The predicted octanol–water partition coefficient (Wildman–Crippen LogP) is 3.72. The number of ketones is 1. The van der Waals surface area contributed by atoms with Crippen molar-refractivity contribution in [2.45, 2.75) is 33.8 Å². The highest BCUT2D eigenvalue weighted by atomic mass is 16.5. The summed E-state index contributed by atoms with van der Waals surface area (Å²) >= 11 is 0. The van der Waals surface area contributed by atoms with Gasteiger partial charge in [0.05, 0.1) is 11.7 Å². The quantitative estimate of drug-likeness (QED) is 0.794. The van der Waals surface area contributed by atoms with Crippen molar-refractivity contribution in [2.24, 2.45) is 0 Å². The molecule has 0 bridgehead atoms. The number of carbonyl (C=O) groups is 1. The van der Waals surface area contributed by atoms with Crippen LogP contribution in [0.4, 0.5) is 0 Å². The van der Waals surface area contributed by atoms with E-state index in [-0.39, 0.29) is 11.9 Å². The van der Waals surface area contributed by atoms with E-state index in [1.54, 1.807) is 6.07 Å². The first-order chi connectivity index (χ1) is 9.47. The van der Waals surface area contributed by atoms with E-state index < -0.39 is 0 Å². The topological polar surface area (TPSA) is 39.2 Å². The van der Waals surface area contributed by atoms with Crippen LogP contribution in [0.15, 0.2) is 36.4 Å². The number of hydrogen-bond acceptors (Lipinski definition) is 3. The molecule has 1 aromatic carbocycles. The van der Waals surface area contributed by atoms with Gasteiger partial charge in [0.1, 0.15) is 5.75 Å². The fourth-order valence-electron chi connectivity index (χ4n) is 2.13. The Morgan fingerprint density at radius 1 is 1.10 bits per heavy atom. The first-order valence-corrected chi connectivity index (χ1v) is 6.73. The number of carbonyl (C=O) groups excluding carboxylic acids is 1. The Kier molecular flexibility index (Phi) is 4.18. The van der Waals surface area contributed by atoms with Gasteiger partial charge in [0.2, 0.25) is 0 Å². The Balaban J connectivity index is 2.42. The van der Waals surface area contributed by atoms with Crippen molar-refractivity contribution >= 4 is 5.78 Å². The van der Waals surface area contributed by atoms with Crippen molar-refractivity contribution < 1.29 is 9.53 Å². The molecule has 3 nitrogen and oxygen atoms in total. The summed E-state index contributed by atoms with van der Waals surface area (Å²) in [7, 11) is 0. The first-order valence-electron chi connectivity index (χ1n) is 6.73. The lowest BCUT2D eigenvalue weighted by molar-refractivity contribution is 0.103. The average molecular weight is 269 g/mol. The molecule has 0 saturated carbocycles. The van der Waals surface area contributed by atoms with Gasteiger partial charge in [-0.15, -0.1) is 0 Å². The van der Waals surface area contributed by atoms with Crippen LogP contribution >= 0.6 is 0 Å². The van der Waals surface area contributed by atoms with Crippen molar-refractivity contribution in [3.63, 3.8) is 0 Å². The lowest BCUT2D eigenvalue weighted by Gasteiger charge is -2.13. The molecule has 0 atom stereocenters. The number of benzene rings is 1. The van der Waals surface area contributed by atoms with Crippen molar-refractivity contribution in [1.29, 1.82) is 0 Å². The SMILES string of the molecule is Cc1cc(C(=O)c2ccccc2OC(C)C)cc(C)n1. The number of nitrogens with zero attached hydrogens (tertiary/aromatic N) is 1. The van der Waals surface area contributed by atoms with Crippen LogP contribution in [0.25, 0.3) is 0 Å². The largest absolute Gasteiger partial charge is 0.490 e. The highest BCUT2D eigenvalue weighted by molar-refractivity contribution is 6.10. The molecule has 0 spiro atoms. The van der Waals surface area contributed by atoms with Crippen molar-refractivity contribution in [3.05, 3.63) is 58.9 Å². The van der Waals surface area contributed by atoms with Crippen LogP contribution in [-0.4, -0.2) is 16.9 Å². The molecule has 0 radical (unpaired) electrons. The van der Waals surface area contributed by atoms with E-state index in [1.165, 1.54) is 0 Å². The Bertz CT molecular complexity index is 612. The molecular formula is C17H19NO2. The van der Waals surface area contributed by atoms with Crippen LogP contribution in [0.5, 0.6) is 5.75 Å². The lowest BCUT2D eigenvalue weighted by atomic mass is 10.0. The minimum Gasteiger partial charge on any atom is -0.490 e. The molecule has 1 heterocycles. The molecule has 0 amide bonds. The number of aromatic nitrogens is 1. The fraction of sp³-hybridized carbons (Fsp3) is 0.294. The van der Waals surface area contributed by atoms with E-state index in [2.05, 4.69) is 4.98 Å². The van der Waals surface area contributed by atoms with E-state index in [9.17, 15) is 4.79 Å². The summed E-state index contributed by atoms with van der Waals surface area (Å²) in [4.78, 5) is 16.9. The average Bonchev–Trinajstić information content (AvgIpc) is 2.36. The van der Waals surface area contributed by atoms with Crippen molar-refractivity contribution in [3.8, 4) is 5.75 Å². The third-order valence-corrected chi connectivity index (χ3v) is 2.84. The predicted molar refractivity (Wildman–Crippen MR) is 79.3 cm³/mol. The maximum absolute atomic E-state index is 12.6. The van der Waals surface area contributed by atoms with Crippen LogP contribution in [-0.2, 0) is 0 Å². The second kappa shape index (κ2) is 5.87. The number of para-hydroxylation sites is 1. The maximum Gasteiger partial charge on any atom is 0.196 e. The highest BCUT2D eigenvalue weighted by Crippen LogP contribution is 2.23. The minimum atomic E-state index is -0.0325. The number of hydrogen-bond donors (Lipinski definition) is 0. The molecule has 3 heteroatoms. The van der Waals surface area contributed by atoms with Gasteiger partial charge in [-0.05, 0) is 52.0 Å². The third-order valence-electron chi connectivity index (χ3n) is 2.84. The van der Waals surface area contributed by atoms with E-state index >= 15 is 0 Å². The van der Waals surface area contributed by atoms with E-state index in [4.69, 9.17) is 4.74 Å². The van der Waals surface area contributed by atoms with E-state index in [0.29, 0.717) is 16.9 Å². The molecule has 0 unspecified atom stereocenters. The molecule has 1 aromatic heterocycles. The molecule has 2 rings (SSSR count). The summed E-state index contributed by atoms with van der Waals surface area (Å²) in [6, 6.07) is 11.0.